The molecule has 43 heavy (non-hydrogen) atoms. The molecule has 0 radical (unpaired) electrons. The van der Waals surface area contributed by atoms with Gasteiger partial charge in [-0.3, -0.25) is 14.9 Å². The van der Waals surface area contributed by atoms with Crippen LogP contribution in [0.2, 0.25) is 5.02 Å². The van der Waals surface area contributed by atoms with Gasteiger partial charge >= 0.3 is 6.09 Å². The van der Waals surface area contributed by atoms with E-state index in [1.165, 1.54) is 37.3 Å². The summed E-state index contributed by atoms with van der Waals surface area (Å²) in [5, 5.41) is 5.13. The van der Waals surface area contributed by atoms with E-state index in [1.807, 2.05) is 0 Å². The van der Waals surface area contributed by atoms with Gasteiger partial charge in [-0.25, -0.2) is 22.9 Å². The highest BCUT2D eigenvalue weighted by Gasteiger charge is 2.30. The molecule has 1 aliphatic rings. The molecule has 2 aromatic carbocycles. The summed E-state index contributed by atoms with van der Waals surface area (Å²) in [6.45, 7) is 0. The molecule has 0 aliphatic carbocycles. The lowest BCUT2D eigenvalue weighted by Gasteiger charge is -2.19. The maximum Gasteiger partial charge on any atom is 0.411 e. The molecular formula is C31H27ClF3N4O4+. The van der Waals surface area contributed by atoms with Crippen molar-refractivity contribution in [3.8, 4) is 22.4 Å². The summed E-state index contributed by atoms with van der Waals surface area (Å²) < 4.78 is 50.8. The number of rotatable bonds is 4. The molecule has 0 saturated carbocycles. The van der Waals surface area contributed by atoms with Crippen molar-refractivity contribution in [2.24, 2.45) is 0 Å². The number of hydrogen-bond acceptors (Lipinski definition) is 5. The van der Waals surface area contributed by atoms with Gasteiger partial charge < -0.3 is 10.1 Å². The molecule has 0 spiro atoms. The Hall–Kier alpha value is -4.64. The van der Waals surface area contributed by atoms with Crippen molar-refractivity contribution < 1.29 is 37.1 Å². The Morgan fingerprint density at radius 3 is 2.60 bits per heavy atom. The van der Waals surface area contributed by atoms with Gasteiger partial charge in [-0.15, -0.1) is 0 Å². The Bertz CT molecular complexity index is 1720. The molecule has 0 saturated heterocycles. The number of ether oxygens (including phenoxy) is 1. The SMILES string of the molecule is COC(=O)Nc1ccc2c(c1)NC(=O)CCCCC(c1ccc(-c3c(F)ccc(Cl)c3F)c[n+]1OC)c1ccc(F)c-2n1. The number of anilines is 2. The number of nitrogens with zero attached hydrogens (tertiary/aromatic N) is 2. The molecule has 3 heterocycles. The van der Waals surface area contributed by atoms with E-state index in [0.29, 0.717) is 41.9 Å². The highest BCUT2D eigenvalue weighted by atomic mass is 35.5. The van der Waals surface area contributed by atoms with Gasteiger partial charge in [-0.2, -0.15) is 0 Å². The number of hydrogen-bond donors (Lipinski definition) is 2. The minimum atomic E-state index is -0.894. The number of aromatic nitrogens is 2. The van der Waals surface area contributed by atoms with Crippen molar-refractivity contribution in [1.29, 1.82) is 0 Å². The van der Waals surface area contributed by atoms with Gasteiger partial charge in [0.25, 0.3) is 0 Å². The van der Waals surface area contributed by atoms with Crippen LogP contribution in [-0.4, -0.2) is 31.2 Å². The Morgan fingerprint density at radius 2 is 1.84 bits per heavy atom. The van der Waals surface area contributed by atoms with E-state index in [0.717, 1.165) is 12.1 Å². The second kappa shape index (κ2) is 12.7. The molecule has 12 heteroatoms. The van der Waals surface area contributed by atoms with Crippen LogP contribution in [0.25, 0.3) is 22.4 Å². The van der Waals surface area contributed by atoms with Crippen LogP contribution in [0.5, 0.6) is 0 Å². The van der Waals surface area contributed by atoms with Crippen LogP contribution in [0.3, 0.4) is 0 Å². The Labute approximate surface area is 250 Å². The highest BCUT2D eigenvalue weighted by molar-refractivity contribution is 6.31. The Kier molecular flexibility index (Phi) is 8.81. The number of amides is 2. The van der Waals surface area contributed by atoms with Crippen molar-refractivity contribution in [3.63, 3.8) is 0 Å². The molecular weight excluding hydrogens is 585 g/mol. The van der Waals surface area contributed by atoms with Gasteiger partial charge in [0.2, 0.25) is 17.8 Å². The normalized spacial score (nSPS) is 14.9. The average Bonchev–Trinajstić information content (AvgIpc) is 2.99. The van der Waals surface area contributed by atoms with E-state index in [2.05, 4.69) is 20.4 Å². The molecule has 2 N–H and O–H groups in total. The smallest absolute Gasteiger partial charge is 0.411 e. The van der Waals surface area contributed by atoms with Gasteiger partial charge in [0.05, 0.1) is 40.6 Å². The summed E-state index contributed by atoms with van der Waals surface area (Å²) in [6.07, 6.45) is 2.60. The van der Waals surface area contributed by atoms with Gasteiger partial charge in [0.15, 0.2) is 5.82 Å². The lowest BCUT2D eigenvalue weighted by molar-refractivity contribution is -0.890. The van der Waals surface area contributed by atoms with Crippen LogP contribution in [0, 0.1) is 17.5 Å². The van der Waals surface area contributed by atoms with Crippen LogP contribution >= 0.6 is 11.6 Å². The van der Waals surface area contributed by atoms with Gasteiger partial charge in [0.1, 0.15) is 24.4 Å². The molecule has 2 amide bonds. The van der Waals surface area contributed by atoms with Crippen molar-refractivity contribution in [1.82, 2.24) is 4.98 Å². The first kappa shape index (κ1) is 29.8. The molecule has 1 unspecified atom stereocenters. The third-order valence-electron chi connectivity index (χ3n) is 7.18. The van der Waals surface area contributed by atoms with Crippen LogP contribution < -0.4 is 20.2 Å². The van der Waals surface area contributed by atoms with Crippen LogP contribution in [0.15, 0.2) is 60.8 Å². The first-order chi connectivity index (χ1) is 20.7. The molecule has 1 atom stereocenters. The number of nitrogens with one attached hydrogen (secondary N) is 2. The maximum atomic E-state index is 15.3. The quantitative estimate of drug-likeness (QED) is 0.199. The molecule has 8 nitrogen and oxygen atoms in total. The zero-order chi connectivity index (χ0) is 30.7. The summed E-state index contributed by atoms with van der Waals surface area (Å²) in [4.78, 5) is 34.9. The molecule has 2 aromatic heterocycles. The van der Waals surface area contributed by atoms with Gasteiger partial charge in [-0.1, -0.05) is 18.0 Å². The van der Waals surface area contributed by atoms with E-state index >= 15 is 4.39 Å². The topological polar surface area (TPSA) is 93.4 Å². The van der Waals surface area contributed by atoms with E-state index in [-0.39, 0.29) is 39.9 Å². The zero-order valence-corrected chi connectivity index (χ0v) is 24.0. The standard InChI is InChI=1S/C31H26ClF3N4O4/c1-42-31(41)36-18-8-9-20-25(15-18)37-27(40)6-4-3-5-19(24-13-12-23(34)30(20)38-24)26-14-7-17(16-39(26)43-2)28-22(33)11-10-21(32)29(28)35/h7-16,19H,3-6H2,1-2H3,(H-,36,37,38,40,41)/p+1. The van der Waals surface area contributed by atoms with E-state index < -0.39 is 29.5 Å². The highest BCUT2D eigenvalue weighted by Crippen LogP contribution is 2.36. The van der Waals surface area contributed by atoms with Gasteiger partial charge in [0, 0.05) is 28.5 Å². The molecule has 0 fully saturated rings. The third kappa shape index (κ3) is 6.26. The summed E-state index contributed by atoms with van der Waals surface area (Å²) in [7, 11) is 2.64. The Morgan fingerprint density at radius 1 is 1.05 bits per heavy atom. The summed E-state index contributed by atoms with van der Waals surface area (Å²) in [6, 6.07) is 12.9. The zero-order valence-electron chi connectivity index (χ0n) is 23.2. The lowest BCUT2D eigenvalue weighted by Crippen LogP contribution is -2.45. The largest absolute Gasteiger partial charge is 0.453 e. The van der Waals surface area contributed by atoms with E-state index in [4.69, 9.17) is 16.4 Å². The summed E-state index contributed by atoms with van der Waals surface area (Å²) in [5.74, 6) is -3.02. The number of benzene rings is 2. The first-order valence-corrected chi connectivity index (χ1v) is 13.8. The lowest BCUT2D eigenvalue weighted by atomic mass is 9.91. The minimum Gasteiger partial charge on any atom is -0.453 e. The average molecular weight is 612 g/mol. The molecule has 5 rings (SSSR count). The molecule has 222 valence electrons. The predicted molar refractivity (Wildman–Crippen MR) is 154 cm³/mol. The number of carbonyl (C=O) groups is 2. The van der Waals surface area contributed by atoms with Crippen molar-refractivity contribution in [2.75, 3.05) is 24.9 Å². The molecule has 4 aromatic rings. The van der Waals surface area contributed by atoms with Crippen molar-refractivity contribution in [3.05, 3.63) is 94.7 Å². The fourth-order valence-corrected chi connectivity index (χ4v) is 5.25. The number of pyridine rings is 2. The van der Waals surface area contributed by atoms with E-state index in [1.54, 1.807) is 30.3 Å². The second-order valence-corrected chi connectivity index (χ2v) is 10.3. The molecule has 2 bridgehead atoms. The number of fused-ring (bicyclic) bond motifs is 4. The summed E-state index contributed by atoms with van der Waals surface area (Å²) in [5.41, 5.74) is 1.92. The fraction of sp³-hybridized carbons (Fsp3) is 0.226. The first-order valence-electron chi connectivity index (χ1n) is 13.4. The number of carbonyl (C=O) groups excluding carboxylic acids is 2. The van der Waals surface area contributed by atoms with Crippen LogP contribution in [-0.2, 0) is 9.53 Å². The van der Waals surface area contributed by atoms with Crippen LogP contribution in [0.1, 0.15) is 43.0 Å². The monoisotopic (exact) mass is 611 g/mol. The number of halogens is 4. The number of methoxy groups -OCH3 is 1. The predicted octanol–water partition coefficient (Wildman–Crippen LogP) is 6.65. The minimum absolute atomic E-state index is 0.00773. The van der Waals surface area contributed by atoms with Crippen molar-refractivity contribution >= 4 is 35.0 Å². The second-order valence-electron chi connectivity index (χ2n) is 9.86. The van der Waals surface area contributed by atoms with E-state index in [9.17, 15) is 18.4 Å². The van der Waals surface area contributed by atoms with Crippen molar-refractivity contribution in [2.45, 2.75) is 31.6 Å². The fourth-order valence-electron chi connectivity index (χ4n) is 5.09. The maximum absolute atomic E-state index is 15.3. The van der Waals surface area contributed by atoms with Crippen LogP contribution in [0.4, 0.5) is 29.3 Å². The molecule has 1 aliphatic heterocycles. The van der Waals surface area contributed by atoms with Gasteiger partial charge in [-0.05, 0) is 61.4 Å². The Balaban J connectivity index is 1.62. The summed E-state index contributed by atoms with van der Waals surface area (Å²) >= 11 is 5.91. The third-order valence-corrected chi connectivity index (χ3v) is 7.47.